The average Bonchev–Trinajstić information content (AvgIpc) is 3.36. The van der Waals surface area contributed by atoms with Crippen molar-refractivity contribution in [2.45, 2.75) is 41.5 Å². The molecule has 1 saturated heterocycles. The van der Waals surface area contributed by atoms with Crippen LogP contribution in [0.5, 0.6) is 5.75 Å². The Morgan fingerprint density at radius 1 is 1.17 bits per heavy atom. The Kier molecular flexibility index (Phi) is 6.88. The molecule has 2 aromatic carbocycles. The molecule has 0 radical (unpaired) electrons. The van der Waals surface area contributed by atoms with Crippen molar-refractivity contribution in [1.29, 1.82) is 0 Å². The Balaban J connectivity index is 1.46. The molecule has 1 aromatic heterocycles. The van der Waals surface area contributed by atoms with Crippen LogP contribution in [0.4, 0.5) is 9.52 Å². The zero-order valence-electron chi connectivity index (χ0n) is 19.0. The molecule has 0 spiro atoms. The summed E-state index contributed by atoms with van der Waals surface area (Å²) in [6.45, 7) is 1.18. The number of halogens is 1. The number of sulfonamides is 1. The number of nitrogens with zero attached hydrogens (tertiary/aromatic N) is 3. The summed E-state index contributed by atoms with van der Waals surface area (Å²) in [6, 6.07) is 11.4. The molecular formula is C23H25FN4O4S3. The van der Waals surface area contributed by atoms with Crippen molar-refractivity contribution < 1.29 is 21.8 Å². The maximum Gasteiger partial charge on any atom is 0.263 e. The van der Waals surface area contributed by atoms with E-state index in [4.69, 9.17) is 4.74 Å². The van der Waals surface area contributed by atoms with E-state index in [1.54, 1.807) is 36.6 Å². The molecule has 2 unspecified atom stereocenters. The highest BCUT2D eigenvalue weighted by Gasteiger charge is 2.38. The largest absolute Gasteiger partial charge is 0.493 e. The molecule has 3 heterocycles. The molecule has 0 bridgehead atoms. The van der Waals surface area contributed by atoms with Gasteiger partial charge in [0.25, 0.3) is 10.0 Å². The molecule has 3 aromatic rings. The van der Waals surface area contributed by atoms with Crippen molar-refractivity contribution in [3.05, 3.63) is 65.7 Å². The first-order chi connectivity index (χ1) is 16.8. The van der Waals surface area contributed by atoms with Crippen LogP contribution in [0.2, 0.25) is 0 Å². The van der Waals surface area contributed by atoms with Gasteiger partial charge in [0.05, 0.1) is 11.5 Å². The second-order valence-corrected chi connectivity index (χ2v) is 12.8. The highest BCUT2D eigenvalue weighted by Crippen LogP contribution is 2.44. The van der Waals surface area contributed by atoms with E-state index < -0.39 is 20.8 Å². The predicted octanol–water partition coefficient (Wildman–Crippen LogP) is 3.89. The van der Waals surface area contributed by atoms with Gasteiger partial charge in [0.15, 0.2) is 0 Å². The average molecular weight is 537 g/mol. The molecule has 4 atom stereocenters. The summed E-state index contributed by atoms with van der Waals surface area (Å²) in [6.07, 6.45) is 5.27. The van der Waals surface area contributed by atoms with Crippen molar-refractivity contribution in [2.24, 2.45) is 0 Å². The minimum absolute atomic E-state index is 0.00656. The lowest BCUT2D eigenvalue weighted by Crippen LogP contribution is -2.43. The van der Waals surface area contributed by atoms with E-state index in [1.807, 2.05) is 0 Å². The Labute approximate surface area is 210 Å². The van der Waals surface area contributed by atoms with E-state index in [0.29, 0.717) is 18.8 Å². The molecule has 186 valence electrons. The van der Waals surface area contributed by atoms with Gasteiger partial charge < -0.3 is 4.74 Å². The standard InChI is InChI=1S/C23H25FN4O4S3/c1-34(29)17-8-10-28(21(12-17)15-2-4-16(24)5-3-15)20-9-11-32-22-13-18(6-7-19(20)22)35(30,31)27-23-25-14-26-33-23/h2-7,13-14,17,20-21H,8-12H2,1H3,(H,25,26,27)/t17-,20?,21+,34?/m0/s1. The lowest BCUT2D eigenvalue weighted by Gasteiger charge is -2.45. The van der Waals surface area contributed by atoms with Gasteiger partial charge in [-0.1, -0.05) is 18.2 Å². The third-order valence-electron chi connectivity index (χ3n) is 6.61. The Hall–Kier alpha value is -2.41. The fourth-order valence-corrected chi connectivity index (χ4v) is 7.46. The first-order valence-electron chi connectivity index (χ1n) is 11.2. The molecule has 0 aliphatic carbocycles. The van der Waals surface area contributed by atoms with Crippen LogP contribution in [0.15, 0.2) is 53.7 Å². The van der Waals surface area contributed by atoms with Crippen LogP contribution in [0.1, 0.15) is 42.5 Å². The van der Waals surface area contributed by atoms with Crippen LogP contribution in [0.3, 0.4) is 0 Å². The molecule has 2 aliphatic heterocycles. The maximum atomic E-state index is 13.6. The summed E-state index contributed by atoms with van der Waals surface area (Å²) >= 11 is 0.959. The smallest absolute Gasteiger partial charge is 0.263 e. The van der Waals surface area contributed by atoms with E-state index >= 15 is 0 Å². The minimum Gasteiger partial charge on any atom is -0.493 e. The maximum absolute atomic E-state index is 13.6. The molecule has 12 heteroatoms. The van der Waals surface area contributed by atoms with Crippen LogP contribution in [0.25, 0.3) is 0 Å². The topological polar surface area (TPSA) is 101 Å². The third-order valence-corrected chi connectivity index (χ3v) is 10.0. The number of piperidine rings is 1. The summed E-state index contributed by atoms with van der Waals surface area (Å²) in [5, 5.41) is 0.263. The number of likely N-dealkylation sites (tertiary alicyclic amines) is 1. The fourth-order valence-electron chi connectivity index (χ4n) is 4.89. The van der Waals surface area contributed by atoms with Gasteiger partial charge in [0, 0.05) is 70.5 Å². The third kappa shape index (κ3) is 5.11. The number of fused-ring (bicyclic) bond motifs is 1. The van der Waals surface area contributed by atoms with Crippen molar-refractivity contribution in [1.82, 2.24) is 14.3 Å². The van der Waals surface area contributed by atoms with Gasteiger partial charge in [-0.3, -0.25) is 13.8 Å². The van der Waals surface area contributed by atoms with E-state index in [0.717, 1.165) is 42.0 Å². The van der Waals surface area contributed by atoms with E-state index in [-0.39, 0.29) is 33.2 Å². The minimum atomic E-state index is -3.84. The zero-order valence-corrected chi connectivity index (χ0v) is 21.4. The zero-order chi connectivity index (χ0) is 24.6. The number of ether oxygens (including phenoxy) is 1. The summed E-state index contributed by atoms with van der Waals surface area (Å²) in [4.78, 5) is 6.33. The molecule has 35 heavy (non-hydrogen) atoms. The van der Waals surface area contributed by atoms with Gasteiger partial charge in [-0.2, -0.15) is 4.37 Å². The first kappa shape index (κ1) is 24.3. The first-order valence-corrected chi connectivity index (χ1v) is 15.1. The van der Waals surface area contributed by atoms with Crippen LogP contribution >= 0.6 is 11.5 Å². The van der Waals surface area contributed by atoms with Gasteiger partial charge in [0.2, 0.25) is 5.13 Å². The summed E-state index contributed by atoms with van der Waals surface area (Å²) in [7, 11) is -4.79. The lowest BCUT2D eigenvalue weighted by molar-refractivity contribution is 0.0685. The predicted molar refractivity (Wildman–Crippen MR) is 133 cm³/mol. The molecule has 8 nitrogen and oxygen atoms in total. The molecular weight excluding hydrogens is 511 g/mol. The van der Waals surface area contributed by atoms with Crippen molar-refractivity contribution in [2.75, 3.05) is 24.1 Å². The van der Waals surface area contributed by atoms with Crippen molar-refractivity contribution >= 4 is 37.5 Å². The van der Waals surface area contributed by atoms with Crippen molar-refractivity contribution in [3.8, 4) is 5.75 Å². The van der Waals surface area contributed by atoms with E-state index in [1.165, 1.54) is 18.5 Å². The summed E-state index contributed by atoms with van der Waals surface area (Å²) in [5.41, 5.74) is 1.89. The normalized spacial score (nSPS) is 23.8. The quantitative estimate of drug-likeness (QED) is 0.510. The lowest BCUT2D eigenvalue weighted by atomic mass is 9.89. The van der Waals surface area contributed by atoms with Crippen LogP contribution in [-0.2, 0) is 20.8 Å². The number of aromatic nitrogens is 2. The number of hydrogen-bond donors (Lipinski definition) is 1. The summed E-state index contributed by atoms with van der Waals surface area (Å²) < 4.78 is 63.7. The highest BCUT2D eigenvalue weighted by atomic mass is 32.2. The second-order valence-electron chi connectivity index (χ2n) is 8.65. The van der Waals surface area contributed by atoms with Crippen LogP contribution in [-0.4, -0.2) is 51.5 Å². The number of benzene rings is 2. The van der Waals surface area contributed by atoms with Gasteiger partial charge in [-0.05, 0) is 36.6 Å². The van der Waals surface area contributed by atoms with Gasteiger partial charge >= 0.3 is 0 Å². The van der Waals surface area contributed by atoms with E-state index in [2.05, 4.69) is 19.0 Å². The number of rotatable bonds is 6. The van der Waals surface area contributed by atoms with E-state index in [9.17, 15) is 17.0 Å². The number of hydrogen-bond acceptors (Lipinski definition) is 8. The summed E-state index contributed by atoms with van der Waals surface area (Å²) in [5.74, 6) is 0.236. The molecule has 1 fully saturated rings. The number of anilines is 1. The van der Waals surface area contributed by atoms with Gasteiger partial charge in [0.1, 0.15) is 17.9 Å². The van der Waals surface area contributed by atoms with Crippen molar-refractivity contribution in [3.63, 3.8) is 0 Å². The Bertz CT molecular complexity index is 1320. The SMILES string of the molecule is CS(=O)[C@H]1CCN(C2CCOc3cc(S(=O)(=O)Nc4ncns4)ccc32)[C@@H](c2ccc(F)cc2)C1. The molecule has 2 aliphatic rings. The Morgan fingerprint density at radius 3 is 2.69 bits per heavy atom. The monoisotopic (exact) mass is 536 g/mol. The number of nitrogens with one attached hydrogen (secondary N) is 1. The van der Waals surface area contributed by atoms with Gasteiger partial charge in [-0.25, -0.2) is 17.8 Å². The Morgan fingerprint density at radius 2 is 1.97 bits per heavy atom. The molecule has 0 saturated carbocycles. The highest BCUT2D eigenvalue weighted by molar-refractivity contribution is 7.93. The molecule has 5 rings (SSSR count). The second kappa shape index (κ2) is 9.92. The van der Waals surface area contributed by atoms with Crippen LogP contribution < -0.4 is 9.46 Å². The van der Waals surface area contributed by atoms with Gasteiger partial charge in [-0.15, -0.1) is 0 Å². The molecule has 1 N–H and O–H groups in total. The van der Waals surface area contributed by atoms with Crippen LogP contribution in [0, 0.1) is 5.82 Å². The molecule has 0 amide bonds. The fraction of sp³-hybridized carbons (Fsp3) is 0.391.